The van der Waals surface area contributed by atoms with Gasteiger partial charge < -0.3 is 9.84 Å². The molecule has 1 heterocycles. The molecule has 1 aromatic carbocycles. The first kappa shape index (κ1) is 15.8. The SMILES string of the molecule is CCCCS(=O)(=O)N1CCOc2ccccc2C1C(=O)O. The maximum absolute atomic E-state index is 12.4. The van der Waals surface area contributed by atoms with Gasteiger partial charge >= 0.3 is 5.97 Å². The van der Waals surface area contributed by atoms with Crippen molar-refractivity contribution in [1.29, 1.82) is 0 Å². The summed E-state index contributed by atoms with van der Waals surface area (Å²) in [6, 6.07) is 5.44. The Bertz CT molecular complexity index is 614. The van der Waals surface area contributed by atoms with E-state index in [0.29, 0.717) is 17.7 Å². The molecule has 0 aromatic heterocycles. The summed E-state index contributed by atoms with van der Waals surface area (Å²) in [5.74, 6) is -0.804. The van der Waals surface area contributed by atoms with E-state index in [-0.39, 0.29) is 18.9 Å². The summed E-state index contributed by atoms with van der Waals surface area (Å²) < 4.78 is 31.4. The molecule has 2 rings (SSSR count). The number of rotatable bonds is 5. The van der Waals surface area contributed by atoms with Crippen LogP contribution in [-0.4, -0.2) is 42.7 Å². The van der Waals surface area contributed by atoms with E-state index in [0.717, 1.165) is 10.7 Å². The number of benzene rings is 1. The number of para-hydroxylation sites is 1. The third-order valence-corrected chi connectivity index (χ3v) is 5.33. The number of carboxylic acids is 1. The first-order valence-electron chi connectivity index (χ1n) is 6.91. The molecular weight excluding hydrogens is 294 g/mol. The first-order valence-corrected chi connectivity index (χ1v) is 8.52. The maximum Gasteiger partial charge on any atom is 0.326 e. The van der Waals surface area contributed by atoms with E-state index < -0.39 is 22.0 Å². The smallest absolute Gasteiger partial charge is 0.326 e. The van der Waals surface area contributed by atoms with Crippen molar-refractivity contribution in [2.45, 2.75) is 25.8 Å². The van der Waals surface area contributed by atoms with Crippen LogP contribution in [0.3, 0.4) is 0 Å². The van der Waals surface area contributed by atoms with Gasteiger partial charge in [-0.25, -0.2) is 8.42 Å². The Labute approximate surface area is 124 Å². The number of aliphatic carboxylic acids is 1. The molecule has 0 aliphatic carbocycles. The molecule has 7 heteroatoms. The molecule has 0 amide bonds. The van der Waals surface area contributed by atoms with Crippen LogP contribution in [0.4, 0.5) is 0 Å². The van der Waals surface area contributed by atoms with Gasteiger partial charge in [-0.05, 0) is 12.5 Å². The number of hydrogen-bond donors (Lipinski definition) is 1. The molecule has 0 saturated carbocycles. The number of carboxylic acid groups (broad SMARTS) is 1. The van der Waals surface area contributed by atoms with Crippen LogP contribution < -0.4 is 4.74 Å². The zero-order valence-electron chi connectivity index (χ0n) is 11.9. The first-order chi connectivity index (χ1) is 9.97. The zero-order chi connectivity index (χ0) is 15.5. The lowest BCUT2D eigenvalue weighted by molar-refractivity contribution is -0.141. The number of nitrogens with zero attached hydrogens (tertiary/aromatic N) is 1. The Hall–Kier alpha value is -1.60. The number of sulfonamides is 1. The van der Waals surface area contributed by atoms with Crippen LogP contribution in [-0.2, 0) is 14.8 Å². The van der Waals surface area contributed by atoms with E-state index in [9.17, 15) is 18.3 Å². The molecule has 0 saturated heterocycles. The highest BCUT2D eigenvalue weighted by Crippen LogP contribution is 2.34. The van der Waals surface area contributed by atoms with Gasteiger partial charge in [0.2, 0.25) is 10.0 Å². The van der Waals surface area contributed by atoms with E-state index in [1.807, 2.05) is 6.92 Å². The molecule has 1 atom stereocenters. The van der Waals surface area contributed by atoms with Crippen molar-refractivity contribution in [3.63, 3.8) is 0 Å². The number of carbonyl (C=O) groups is 1. The minimum absolute atomic E-state index is 0.0394. The fourth-order valence-electron chi connectivity index (χ4n) is 2.37. The number of hydrogen-bond acceptors (Lipinski definition) is 4. The Morgan fingerprint density at radius 3 is 2.81 bits per heavy atom. The summed E-state index contributed by atoms with van der Waals surface area (Å²) in [4.78, 5) is 11.6. The van der Waals surface area contributed by atoms with Gasteiger partial charge in [0, 0.05) is 12.1 Å². The fourth-order valence-corrected chi connectivity index (χ4v) is 4.13. The van der Waals surface area contributed by atoms with Gasteiger partial charge in [0.15, 0.2) is 6.04 Å². The average Bonchev–Trinajstić information content (AvgIpc) is 2.65. The topological polar surface area (TPSA) is 83.9 Å². The molecule has 0 bridgehead atoms. The Kier molecular flexibility index (Phi) is 4.84. The summed E-state index contributed by atoms with van der Waals surface area (Å²) in [5.41, 5.74) is 0.377. The van der Waals surface area contributed by atoms with Crippen molar-refractivity contribution < 1.29 is 23.1 Å². The largest absolute Gasteiger partial charge is 0.492 e. The van der Waals surface area contributed by atoms with Crippen molar-refractivity contribution >= 4 is 16.0 Å². The van der Waals surface area contributed by atoms with Crippen LogP contribution in [0.2, 0.25) is 0 Å². The molecule has 1 aromatic rings. The van der Waals surface area contributed by atoms with Crippen LogP contribution in [0, 0.1) is 0 Å². The number of fused-ring (bicyclic) bond motifs is 1. The van der Waals surface area contributed by atoms with Gasteiger partial charge in [-0.15, -0.1) is 0 Å². The van der Waals surface area contributed by atoms with Gasteiger partial charge in [0.05, 0.1) is 5.75 Å². The van der Waals surface area contributed by atoms with E-state index in [4.69, 9.17) is 4.74 Å². The highest BCUT2D eigenvalue weighted by atomic mass is 32.2. The molecule has 1 unspecified atom stereocenters. The van der Waals surface area contributed by atoms with Crippen molar-refractivity contribution in [3.05, 3.63) is 29.8 Å². The van der Waals surface area contributed by atoms with Gasteiger partial charge in [-0.2, -0.15) is 4.31 Å². The van der Waals surface area contributed by atoms with Crippen LogP contribution >= 0.6 is 0 Å². The third kappa shape index (κ3) is 3.36. The quantitative estimate of drug-likeness (QED) is 0.893. The summed E-state index contributed by atoms with van der Waals surface area (Å²) >= 11 is 0. The van der Waals surface area contributed by atoms with Crippen molar-refractivity contribution in [2.24, 2.45) is 0 Å². The molecule has 1 N–H and O–H groups in total. The number of unbranched alkanes of at least 4 members (excludes halogenated alkanes) is 1. The minimum atomic E-state index is -3.63. The molecule has 1 aliphatic heterocycles. The predicted octanol–water partition coefficient (Wildman–Crippen LogP) is 1.64. The fraction of sp³-hybridized carbons (Fsp3) is 0.500. The highest BCUT2D eigenvalue weighted by Gasteiger charge is 2.38. The summed E-state index contributed by atoms with van der Waals surface area (Å²) in [6.45, 7) is 2.08. The van der Waals surface area contributed by atoms with Crippen molar-refractivity contribution in [2.75, 3.05) is 18.9 Å². The lowest BCUT2D eigenvalue weighted by Crippen LogP contribution is -2.41. The Balaban J connectivity index is 2.44. The van der Waals surface area contributed by atoms with Crippen LogP contribution in [0.25, 0.3) is 0 Å². The van der Waals surface area contributed by atoms with Crippen molar-refractivity contribution in [1.82, 2.24) is 4.31 Å². The molecule has 0 radical (unpaired) electrons. The standard InChI is InChI=1S/C14H19NO5S/c1-2-3-10-21(18,19)15-8-9-20-12-7-5-4-6-11(12)13(15)14(16)17/h4-7,13H,2-3,8-10H2,1H3,(H,16,17). The Morgan fingerprint density at radius 1 is 1.43 bits per heavy atom. The second-order valence-electron chi connectivity index (χ2n) is 4.91. The average molecular weight is 313 g/mol. The third-order valence-electron chi connectivity index (χ3n) is 3.42. The van der Waals surface area contributed by atoms with Crippen molar-refractivity contribution in [3.8, 4) is 5.75 Å². The monoisotopic (exact) mass is 313 g/mol. The van der Waals surface area contributed by atoms with Gasteiger partial charge in [-0.1, -0.05) is 31.5 Å². The summed E-state index contributed by atoms with van der Waals surface area (Å²) in [7, 11) is -3.63. The molecule has 6 nitrogen and oxygen atoms in total. The molecule has 0 spiro atoms. The lowest BCUT2D eigenvalue weighted by atomic mass is 10.1. The van der Waals surface area contributed by atoms with Crippen LogP contribution in [0.1, 0.15) is 31.4 Å². The van der Waals surface area contributed by atoms with E-state index >= 15 is 0 Å². The molecule has 116 valence electrons. The molecule has 1 aliphatic rings. The van der Waals surface area contributed by atoms with E-state index in [2.05, 4.69) is 0 Å². The van der Waals surface area contributed by atoms with Gasteiger partial charge in [-0.3, -0.25) is 4.79 Å². The predicted molar refractivity (Wildman–Crippen MR) is 77.7 cm³/mol. The molecule has 21 heavy (non-hydrogen) atoms. The van der Waals surface area contributed by atoms with Crippen LogP contribution in [0.15, 0.2) is 24.3 Å². The van der Waals surface area contributed by atoms with Crippen LogP contribution in [0.5, 0.6) is 5.75 Å². The van der Waals surface area contributed by atoms with E-state index in [1.54, 1.807) is 24.3 Å². The molecule has 0 fully saturated rings. The maximum atomic E-state index is 12.4. The highest BCUT2D eigenvalue weighted by molar-refractivity contribution is 7.89. The normalized spacial score (nSPS) is 19.4. The minimum Gasteiger partial charge on any atom is -0.492 e. The summed E-state index contributed by atoms with van der Waals surface area (Å²) in [6.07, 6.45) is 1.24. The van der Waals surface area contributed by atoms with E-state index in [1.165, 1.54) is 0 Å². The second-order valence-corrected chi connectivity index (χ2v) is 6.95. The van der Waals surface area contributed by atoms with Gasteiger partial charge in [0.25, 0.3) is 0 Å². The lowest BCUT2D eigenvalue weighted by Gasteiger charge is -2.26. The Morgan fingerprint density at radius 2 is 2.14 bits per heavy atom. The number of ether oxygens (including phenoxy) is 1. The zero-order valence-corrected chi connectivity index (χ0v) is 12.7. The summed E-state index contributed by atoms with van der Waals surface area (Å²) in [5, 5.41) is 9.51. The second kappa shape index (κ2) is 6.44. The van der Waals surface area contributed by atoms with Gasteiger partial charge in [0.1, 0.15) is 12.4 Å². The molecular formula is C14H19NO5S.